The summed E-state index contributed by atoms with van der Waals surface area (Å²) in [5.41, 5.74) is 6.15. The molecule has 1 fully saturated rings. The lowest BCUT2D eigenvalue weighted by atomic mass is 10.1. The Morgan fingerprint density at radius 1 is 1.03 bits per heavy atom. The molecule has 3 heterocycles. The predicted molar refractivity (Wildman–Crippen MR) is 159 cm³/mol. The summed E-state index contributed by atoms with van der Waals surface area (Å²) in [6.45, 7) is 11.6. The van der Waals surface area contributed by atoms with E-state index in [1.165, 1.54) is 5.56 Å². The number of amides is 1. The SMILES string of the molecule is COc1ccc(-c2nc(-c3cc(C(=O)N4CCN(Cc5ccccc5)CC4)c(C)n3CCC(C)C)cs2)cc1. The van der Waals surface area contributed by atoms with Crippen molar-refractivity contribution in [2.45, 2.75) is 40.3 Å². The minimum Gasteiger partial charge on any atom is -0.497 e. The standard InChI is InChI=1S/C32H38N4O2S/c1-23(2)14-15-36-24(3)28(32(37)35-18-16-34(17-19-35)21-25-8-6-5-7-9-25)20-30(36)29-22-39-31(33-29)26-10-12-27(38-4)13-11-26/h5-13,20,22-23H,14-19,21H2,1-4H3. The van der Waals surface area contributed by atoms with Gasteiger partial charge in [0, 0.05) is 55.9 Å². The molecule has 1 aliphatic heterocycles. The lowest BCUT2D eigenvalue weighted by molar-refractivity contribution is 0.0627. The van der Waals surface area contributed by atoms with E-state index in [4.69, 9.17) is 9.72 Å². The lowest BCUT2D eigenvalue weighted by Gasteiger charge is -2.34. The van der Waals surface area contributed by atoms with Crippen molar-refractivity contribution >= 4 is 17.2 Å². The highest BCUT2D eigenvalue weighted by Gasteiger charge is 2.27. The Labute approximate surface area is 235 Å². The zero-order valence-corrected chi connectivity index (χ0v) is 24.2. The van der Waals surface area contributed by atoms with Crippen LogP contribution in [0.2, 0.25) is 0 Å². The highest BCUT2D eigenvalue weighted by molar-refractivity contribution is 7.13. The van der Waals surface area contributed by atoms with E-state index in [0.717, 1.165) is 84.7 Å². The molecule has 0 spiro atoms. The number of rotatable bonds is 9. The van der Waals surface area contributed by atoms with Crippen molar-refractivity contribution in [1.82, 2.24) is 19.4 Å². The molecule has 1 saturated heterocycles. The molecule has 0 atom stereocenters. The van der Waals surface area contributed by atoms with Gasteiger partial charge in [-0.2, -0.15) is 0 Å². The van der Waals surface area contributed by atoms with Gasteiger partial charge in [-0.15, -0.1) is 11.3 Å². The first-order valence-electron chi connectivity index (χ1n) is 13.8. The maximum Gasteiger partial charge on any atom is 0.255 e. The van der Waals surface area contributed by atoms with Crippen LogP contribution in [-0.4, -0.2) is 58.5 Å². The second kappa shape index (κ2) is 12.2. The first-order chi connectivity index (χ1) is 18.9. The summed E-state index contributed by atoms with van der Waals surface area (Å²) in [5, 5.41) is 3.07. The molecule has 0 N–H and O–H groups in total. The van der Waals surface area contributed by atoms with Crippen molar-refractivity contribution in [2.75, 3.05) is 33.3 Å². The summed E-state index contributed by atoms with van der Waals surface area (Å²) in [6, 6.07) is 20.6. The van der Waals surface area contributed by atoms with E-state index in [-0.39, 0.29) is 5.91 Å². The van der Waals surface area contributed by atoms with Gasteiger partial charge in [0.2, 0.25) is 0 Å². The second-order valence-electron chi connectivity index (χ2n) is 10.7. The first kappa shape index (κ1) is 27.2. The van der Waals surface area contributed by atoms with Gasteiger partial charge >= 0.3 is 0 Å². The van der Waals surface area contributed by atoms with E-state index in [2.05, 4.69) is 72.0 Å². The molecule has 0 saturated carbocycles. The molecule has 1 amide bonds. The third-order valence-electron chi connectivity index (χ3n) is 7.54. The van der Waals surface area contributed by atoms with Crippen molar-refractivity contribution in [2.24, 2.45) is 5.92 Å². The van der Waals surface area contributed by atoms with Gasteiger partial charge in [-0.1, -0.05) is 44.2 Å². The minimum atomic E-state index is 0.127. The van der Waals surface area contributed by atoms with Gasteiger partial charge in [0.25, 0.3) is 5.91 Å². The Kier molecular flexibility index (Phi) is 8.48. The molecule has 204 valence electrons. The third-order valence-corrected chi connectivity index (χ3v) is 8.43. The van der Waals surface area contributed by atoms with E-state index in [9.17, 15) is 4.79 Å². The Balaban J connectivity index is 1.36. The lowest BCUT2D eigenvalue weighted by Crippen LogP contribution is -2.48. The van der Waals surface area contributed by atoms with Gasteiger partial charge < -0.3 is 14.2 Å². The fraction of sp³-hybridized carbons (Fsp3) is 0.375. The summed E-state index contributed by atoms with van der Waals surface area (Å²) in [6.07, 6.45) is 1.05. The van der Waals surface area contributed by atoms with Crippen LogP contribution in [0.15, 0.2) is 66.0 Å². The summed E-state index contributed by atoms with van der Waals surface area (Å²) in [5.74, 6) is 1.53. The van der Waals surface area contributed by atoms with Crippen molar-refractivity contribution in [1.29, 1.82) is 0 Å². The highest BCUT2D eigenvalue weighted by Crippen LogP contribution is 2.33. The van der Waals surface area contributed by atoms with Crippen molar-refractivity contribution < 1.29 is 9.53 Å². The molecule has 0 radical (unpaired) electrons. The monoisotopic (exact) mass is 542 g/mol. The van der Waals surface area contributed by atoms with Crippen molar-refractivity contribution in [3.05, 3.63) is 82.9 Å². The van der Waals surface area contributed by atoms with Gasteiger partial charge in [0.05, 0.1) is 24.1 Å². The van der Waals surface area contributed by atoms with Gasteiger partial charge in [-0.3, -0.25) is 9.69 Å². The highest BCUT2D eigenvalue weighted by atomic mass is 32.1. The predicted octanol–water partition coefficient (Wildman–Crippen LogP) is 6.60. The summed E-state index contributed by atoms with van der Waals surface area (Å²) in [4.78, 5) is 23.2. The molecule has 7 heteroatoms. The van der Waals surface area contributed by atoms with Crippen molar-refractivity contribution in [3.8, 4) is 27.7 Å². The number of carbonyl (C=O) groups is 1. The van der Waals surface area contributed by atoms with Crippen LogP contribution >= 0.6 is 11.3 Å². The zero-order chi connectivity index (χ0) is 27.4. The summed E-state index contributed by atoms with van der Waals surface area (Å²) >= 11 is 1.63. The van der Waals surface area contributed by atoms with Gasteiger partial charge in [-0.05, 0) is 55.2 Å². The Morgan fingerprint density at radius 2 is 1.74 bits per heavy atom. The Hall–Kier alpha value is -3.42. The van der Waals surface area contributed by atoms with E-state index in [1.54, 1.807) is 18.4 Å². The number of aromatic nitrogens is 2. The second-order valence-corrected chi connectivity index (χ2v) is 11.5. The van der Waals surface area contributed by atoms with E-state index in [0.29, 0.717) is 5.92 Å². The minimum absolute atomic E-state index is 0.127. The fourth-order valence-electron chi connectivity index (χ4n) is 5.13. The fourth-order valence-corrected chi connectivity index (χ4v) is 5.95. The summed E-state index contributed by atoms with van der Waals surface area (Å²) in [7, 11) is 1.67. The van der Waals surface area contributed by atoms with Crippen LogP contribution < -0.4 is 4.74 Å². The Bertz CT molecular complexity index is 1380. The van der Waals surface area contributed by atoms with E-state index in [1.807, 2.05) is 29.2 Å². The maximum absolute atomic E-state index is 13.8. The molecule has 2 aromatic carbocycles. The molecule has 5 rings (SSSR count). The van der Waals surface area contributed by atoms with Crippen LogP contribution in [-0.2, 0) is 13.1 Å². The van der Waals surface area contributed by atoms with Crippen LogP contribution in [0.3, 0.4) is 0 Å². The number of thiazole rings is 1. The molecular weight excluding hydrogens is 504 g/mol. The van der Waals surface area contributed by atoms with E-state index < -0.39 is 0 Å². The van der Waals surface area contributed by atoms with Crippen LogP contribution in [0.4, 0.5) is 0 Å². The molecule has 1 aliphatic rings. The summed E-state index contributed by atoms with van der Waals surface area (Å²) < 4.78 is 7.60. The molecule has 39 heavy (non-hydrogen) atoms. The number of carbonyl (C=O) groups excluding carboxylic acids is 1. The first-order valence-corrected chi connectivity index (χ1v) is 14.7. The zero-order valence-electron chi connectivity index (χ0n) is 23.4. The number of ether oxygens (including phenoxy) is 1. The van der Waals surface area contributed by atoms with Gasteiger partial charge in [0.15, 0.2) is 0 Å². The third kappa shape index (κ3) is 6.26. The quantitative estimate of drug-likeness (QED) is 0.239. The Morgan fingerprint density at radius 3 is 2.41 bits per heavy atom. The normalized spacial score (nSPS) is 14.2. The molecule has 4 aromatic rings. The molecule has 0 unspecified atom stereocenters. The number of hydrogen-bond acceptors (Lipinski definition) is 5. The van der Waals surface area contributed by atoms with Crippen LogP contribution in [0.5, 0.6) is 5.75 Å². The number of hydrogen-bond donors (Lipinski definition) is 0. The number of piperazine rings is 1. The van der Waals surface area contributed by atoms with Crippen LogP contribution in [0.25, 0.3) is 22.0 Å². The number of benzene rings is 2. The number of methoxy groups -OCH3 is 1. The largest absolute Gasteiger partial charge is 0.497 e. The van der Waals surface area contributed by atoms with Crippen LogP contribution in [0.1, 0.15) is 41.9 Å². The van der Waals surface area contributed by atoms with Gasteiger partial charge in [-0.25, -0.2) is 4.98 Å². The topological polar surface area (TPSA) is 50.6 Å². The smallest absolute Gasteiger partial charge is 0.255 e. The molecule has 0 bridgehead atoms. The maximum atomic E-state index is 13.8. The van der Waals surface area contributed by atoms with E-state index >= 15 is 0 Å². The average molecular weight is 543 g/mol. The molecule has 6 nitrogen and oxygen atoms in total. The number of nitrogens with zero attached hydrogens (tertiary/aromatic N) is 4. The van der Waals surface area contributed by atoms with Gasteiger partial charge in [0.1, 0.15) is 10.8 Å². The molecule has 0 aliphatic carbocycles. The molecular formula is C32H38N4O2S. The molecule has 2 aromatic heterocycles. The van der Waals surface area contributed by atoms with Crippen LogP contribution in [0, 0.1) is 12.8 Å². The van der Waals surface area contributed by atoms with Crippen molar-refractivity contribution in [3.63, 3.8) is 0 Å². The average Bonchev–Trinajstić information content (AvgIpc) is 3.57.